The molecule has 0 bridgehead atoms. The van der Waals surface area contributed by atoms with Crippen molar-refractivity contribution in [2.75, 3.05) is 27.5 Å². The molecule has 2 atom stereocenters. The van der Waals surface area contributed by atoms with Gasteiger partial charge in [0.2, 0.25) is 12.5 Å². The molecular formula is C19H22N3O4+. The third-order valence-corrected chi connectivity index (χ3v) is 5.21. The Morgan fingerprint density at radius 3 is 2.92 bits per heavy atom. The molecule has 2 aliphatic rings. The lowest BCUT2D eigenvalue weighted by atomic mass is 9.87. The fraction of sp³-hybridized carbons (Fsp3) is 0.368. The van der Waals surface area contributed by atoms with E-state index in [9.17, 15) is 5.21 Å². The maximum atomic E-state index is 9.61. The Morgan fingerprint density at radius 2 is 2.19 bits per heavy atom. The van der Waals surface area contributed by atoms with Gasteiger partial charge in [0.15, 0.2) is 11.5 Å². The number of pyridine rings is 1. The Labute approximate surface area is 151 Å². The number of methoxy groups -OCH3 is 1. The molecule has 0 spiro atoms. The van der Waals surface area contributed by atoms with Crippen molar-refractivity contribution < 1.29 is 24.3 Å². The number of rotatable bonds is 4. The molecule has 7 heteroatoms. The van der Waals surface area contributed by atoms with Crippen LogP contribution in [0.1, 0.15) is 29.2 Å². The third-order valence-electron chi connectivity index (χ3n) is 5.21. The monoisotopic (exact) mass is 356 g/mol. The van der Waals surface area contributed by atoms with E-state index in [-0.39, 0.29) is 12.8 Å². The molecule has 1 aromatic carbocycles. The van der Waals surface area contributed by atoms with E-state index in [0.717, 1.165) is 35.6 Å². The van der Waals surface area contributed by atoms with Gasteiger partial charge in [-0.25, -0.2) is 0 Å². The van der Waals surface area contributed by atoms with Crippen LogP contribution in [0.4, 0.5) is 0 Å². The first kappa shape index (κ1) is 16.7. The zero-order valence-electron chi connectivity index (χ0n) is 14.9. The van der Waals surface area contributed by atoms with Crippen molar-refractivity contribution in [1.82, 2.24) is 4.98 Å². The molecule has 0 amide bonds. The van der Waals surface area contributed by atoms with E-state index < -0.39 is 0 Å². The van der Waals surface area contributed by atoms with Crippen molar-refractivity contribution in [1.29, 1.82) is 0 Å². The van der Waals surface area contributed by atoms with E-state index >= 15 is 0 Å². The van der Waals surface area contributed by atoms with Crippen molar-refractivity contribution >= 4 is 5.71 Å². The minimum atomic E-state index is 0.0854. The predicted octanol–water partition coefficient (Wildman–Crippen LogP) is 1.20. The lowest BCUT2D eigenvalue weighted by Gasteiger charge is -2.33. The highest BCUT2D eigenvalue weighted by molar-refractivity contribution is 6.00. The van der Waals surface area contributed by atoms with Gasteiger partial charge in [0, 0.05) is 24.4 Å². The normalized spacial score (nSPS) is 21.4. The molecule has 2 aromatic rings. The minimum Gasteiger partial charge on any atom is -0.492 e. The standard InChI is InChI=1S/C19H21N3O4/c1-22-8-5-13-9-16-18(26-11-25-16)19(24-2)17(13)15(22)10-14(21-23)12-3-6-20-7-4-12/h3-4,6-7,9,15,23H,5,8,10-11H2,1-2H3/p+1/b21-14-/t15-/m1/s1. The first-order chi connectivity index (χ1) is 12.7. The number of ether oxygens (including phenoxy) is 3. The van der Waals surface area contributed by atoms with E-state index in [2.05, 4.69) is 23.3 Å². The van der Waals surface area contributed by atoms with Crippen LogP contribution in [0.25, 0.3) is 0 Å². The second kappa shape index (κ2) is 6.84. The molecule has 1 aromatic heterocycles. The molecule has 4 rings (SSSR count). The Morgan fingerprint density at radius 1 is 1.38 bits per heavy atom. The number of nitrogens with one attached hydrogen (secondary N) is 1. The summed E-state index contributed by atoms with van der Waals surface area (Å²) in [4.78, 5) is 5.37. The van der Waals surface area contributed by atoms with Gasteiger partial charge in [0.25, 0.3) is 0 Å². The fourth-order valence-corrected chi connectivity index (χ4v) is 3.85. The molecule has 0 saturated heterocycles. The maximum Gasteiger partial charge on any atom is 0.231 e. The van der Waals surface area contributed by atoms with Crippen LogP contribution in [0.5, 0.6) is 17.2 Å². The summed E-state index contributed by atoms with van der Waals surface area (Å²) in [7, 11) is 3.81. The zero-order valence-corrected chi connectivity index (χ0v) is 14.9. The van der Waals surface area contributed by atoms with Crippen molar-refractivity contribution in [3.8, 4) is 17.2 Å². The van der Waals surface area contributed by atoms with Crippen molar-refractivity contribution in [2.24, 2.45) is 5.16 Å². The summed E-state index contributed by atoms with van der Waals surface area (Å²) >= 11 is 0. The predicted molar refractivity (Wildman–Crippen MR) is 94.5 cm³/mol. The summed E-state index contributed by atoms with van der Waals surface area (Å²) in [5.41, 5.74) is 3.80. The first-order valence-corrected chi connectivity index (χ1v) is 8.66. The van der Waals surface area contributed by atoms with E-state index in [0.29, 0.717) is 17.9 Å². The number of benzene rings is 1. The first-order valence-electron chi connectivity index (χ1n) is 8.66. The van der Waals surface area contributed by atoms with Gasteiger partial charge in [0.05, 0.1) is 38.4 Å². The fourth-order valence-electron chi connectivity index (χ4n) is 3.85. The average molecular weight is 356 g/mol. The van der Waals surface area contributed by atoms with Crippen LogP contribution in [0, 0.1) is 0 Å². The van der Waals surface area contributed by atoms with Gasteiger partial charge >= 0.3 is 0 Å². The largest absolute Gasteiger partial charge is 0.492 e. The van der Waals surface area contributed by atoms with Gasteiger partial charge in [0.1, 0.15) is 6.04 Å². The molecule has 0 fully saturated rings. The topological polar surface area (TPSA) is 77.6 Å². The highest BCUT2D eigenvalue weighted by atomic mass is 16.7. The quantitative estimate of drug-likeness (QED) is 0.489. The smallest absolute Gasteiger partial charge is 0.231 e. The molecule has 0 saturated carbocycles. The van der Waals surface area contributed by atoms with Crippen LogP contribution in [-0.4, -0.2) is 43.4 Å². The molecule has 3 heterocycles. The van der Waals surface area contributed by atoms with Gasteiger partial charge < -0.3 is 24.3 Å². The highest BCUT2D eigenvalue weighted by Crippen LogP contribution is 2.47. The summed E-state index contributed by atoms with van der Waals surface area (Å²) < 4.78 is 16.9. The Kier molecular flexibility index (Phi) is 4.38. The van der Waals surface area contributed by atoms with Gasteiger partial charge in [-0.2, -0.15) is 0 Å². The van der Waals surface area contributed by atoms with Gasteiger partial charge in [-0.15, -0.1) is 0 Å². The molecule has 0 aliphatic carbocycles. The Balaban J connectivity index is 1.76. The number of hydrogen-bond acceptors (Lipinski definition) is 6. The molecule has 136 valence electrons. The summed E-state index contributed by atoms with van der Waals surface area (Å²) in [6.07, 6.45) is 4.91. The van der Waals surface area contributed by atoms with E-state index in [4.69, 9.17) is 14.2 Å². The highest BCUT2D eigenvalue weighted by Gasteiger charge is 2.37. The molecule has 7 nitrogen and oxygen atoms in total. The van der Waals surface area contributed by atoms with Crippen LogP contribution in [0.15, 0.2) is 35.7 Å². The molecular weight excluding hydrogens is 334 g/mol. The van der Waals surface area contributed by atoms with Crippen LogP contribution in [0.3, 0.4) is 0 Å². The lowest BCUT2D eigenvalue weighted by Crippen LogP contribution is -3.10. The molecule has 2 aliphatic heterocycles. The summed E-state index contributed by atoms with van der Waals surface area (Å²) in [6.45, 7) is 1.19. The van der Waals surface area contributed by atoms with Gasteiger partial charge in [-0.3, -0.25) is 4.98 Å². The SMILES string of the molecule is COc1c2c(cc3c1[C@@H](C/C(=N/O)c1ccncc1)[NH+](C)CC3)OCO2. The van der Waals surface area contributed by atoms with Gasteiger partial charge in [-0.1, -0.05) is 5.16 Å². The summed E-state index contributed by atoms with van der Waals surface area (Å²) in [5.74, 6) is 2.13. The molecule has 26 heavy (non-hydrogen) atoms. The number of aromatic nitrogens is 1. The molecule has 2 N–H and O–H groups in total. The average Bonchev–Trinajstić information content (AvgIpc) is 3.14. The number of quaternary nitrogens is 1. The zero-order chi connectivity index (χ0) is 18.1. The van der Waals surface area contributed by atoms with Gasteiger partial charge in [-0.05, 0) is 23.8 Å². The molecule has 0 radical (unpaired) electrons. The summed E-state index contributed by atoms with van der Waals surface area (Å²) in [5, 5.41) is 13.2. The number of oxime groups is 1. The molecule has 1 unspecified atom stereocenters. The van der Waals surface area contributed by atoms with Crippen molar-refractivity contribution in [3.63, 3.8) is 0 Å². The van der Waals surface area contributed by atoms with Crippen molar-refractivity contribution in [2.45, 2.75) is 18.9 Å². The van der Waals surface area contributed by atoms with E-state index in [1.54, 1.807) is 19.5 Å². The van der Waals surface area contributed by atoms with Crippen LogP contribution < -0.4 is 19.1 Å². The van der Waals surface area contributed by atoms with Crippen LogP contribution in [-0.2, 0) is 6.42 Å². The van der Waals surface area contributed by atoms with E-state index in [1.807, 2.05) is 12.1 Å². The maximum absolute atomic E-state index is 9.61. The minimum absolute atomic E-state index is 0.0854. The summed E-state index contributed by atoms with van der Waals surface area (Å²) in [6, 6.07) is 5.85. The number of likely N-dealkylation sites (N-methyl/N-ethyl adjacent to an activating group) is 1. The van der Waals surface area contributed by atoms with Crippen LogP contribution in [0.2, 0.25) is 0 Å². The Hall–Kier alpha value is -2.80. The number of hydrogen-bond donors (Lipinski definition) is 2. The second-order valence-electron chi connectivity index (χ2n) is 6.60. The number of fused-ring (bicyclic) bond motifs is 2. The second-order valence-corrected chi connectivity index (χ2v) is 6.60. The third kappa shape index (κ3) is 2.74. The van der Waals surface area contributed by atoms with Crippen molar-refractivity contribution in [3.05, 3.63) is 47.3 Å². The number of nitrogens with zero attached hydrogens (tertiary/aromatic N) is 2. The van der Waals surface area contributed by atoms with Crippen LogP contribution >= 0.6 is 0 Å². The Bertz CT molecular complexity index is 838. The van der Waals surface area contributed by atoms with E-state index in [1.165, 1.54) is 10.5 Å². The lowest BCUT2D eigenvalue weighted by molar-refractivity contribution is -0.913.